The van der Waals surface area contributed by atoms with Crippen molar-refractivity contribution < 1.29 is 4.79 Å². The van der Waals surface area contributed by atoms with Crippen LogP contribution in [0.5, 0.6) is 0 Å². The summed E-state index contributed by atoms with van der Waals surface area (Å²) >= 11 is 1.24. The van der Waals surface area contributed by atoms with Crippen LogP contribution in [0.15, 0.2) is 35.5 Å². The van der Waals surface area contributed by atoms with E-state index >= 15 is 0 Å². The number of carbonyl (C=O) groups excluding carboxylic acids is 1. The Labute approximate surface area is 155 Å². The third kappa shape index (κ3) is 3.72. The summed E-state index contributed by atoms with van der Waals surface area (Å²) in [6.07, 6.45) is 0. The number of benzene rings is 1. The van der Waals surface area contributed by atoms with Crippen molar-refractivity contribution in [2.75, 3.05) is 11.2 Å². The van der Waals surface area contributed by atoms with Crippen LogP contribution >= 0.6 is 11.8 Å². The van der Waals surface area contributed by atoms with E-state index in [2.05, 4.69) is 20.6 Å². The van der Waals surface area contributed by atoms with Gasteiger partial charge in [0, 0.05) is 11.4 Å². The maximum Gasteiger partial charge on any atom is 0.271 e. The molecule has 2 heterocycles. The van der Waals surface area contributed by atoms with Crippen molar-refractivity contribution in [3.05, 3.63) is 47.3 Å². The van der Waals surface area contributed by atoms with E-state index in [1.54, 1.807) is 11.6 Å². The molecular weight excluding hydrogens is 350 g/mol. The topological polar surface area (TPSA) is 104 Å². The van der Waals surface area contributed by atoms with Gasteiger partial charge in [-0.05, 0) is 51.5 Å². The molecule has 0 aliphatic heterocycles. The highest BCUT2D eigenvalue weighted by Crippen LogP contribution is 2.23. The molecule has 3 N–H and O–H groups in total. The normalized spacial score (nSPS) is 12.2. The van der Waals surface area contributed by atoms with Gasteiger partial charge < -0.3 is 11.2 Å². The minimum atomic E-state index is -0.393. The summed E-state index contributed by atoms with van der Waals surface area (Å²) in [5.74, 6) is 6.39. The fourth-order valence-corrected chi connectivity index (χ4v) is 3.27. The molecule has 0 saturated carbocycles. The highest BCUT2D eigenvalue weighted by Gasteiger charge is 2.21. The van der Waals surface area contributed by atoms with Gasteiger partial charge in [0.15, 0.2) is 0 Å². The number of amides is 1. The molecule has 26 heavy (non-hydrogen) atoms. The Morgan fingerprint density at radius 1 is 1.23 bits per heavy atom. The molecule has 0 spiro atoms. The predicted octanol–water partition coefficient (Wildman–Crippen LogP) is 2.22. The molecule has 0 unspecified atom stereocenters. The van der Waals surface area contributed by atoms with E-state index < -0.39 is 5.25 Å². The van der Waals surface area contributed by atoms with Crippen molar-refractivity contribution in [3.63, 3.8) is 0 Å². The highest BCUT2D eigenvalue weighted by molar-refractivity contribution is 8.00. The molecule has 8 nitrogen and oxygen atoms in total. The van der Waals surface area contributed by atoms with E-state index in [0.717, 1.165) is 22.6 Å². The third-order valence-corrected chi connectivity index (χ3v) is 4.84. The standard InChI is InChI=1S/C17H21N7OS/c1-10-6-5-7-14(8-10)19-15(25)13(4)26-17-21-20-16(23(17)18)24-12(3)9-11(2)22-24/h5-9,13H,18H2,1-4H3,(H,19,25)/t13-/m1/s1. The summed E-state index contributed by atoms with van der Waals surface area (Å²) in [7, 11) is 0. The van der Waals surface area contributed by atoms with Gasteiger partial charge in [0.25, 0.3) is 5.95 Å². The van der Waals surface area contributed by atoms with Crippen LogP contribution in [0.1, 0.15) is 23.9 Å². The number of aryl methyl sites for hydroxylation is 3. The molecule has 0 saturated heterocycles. The number of rotatable bonds is 5. The van der Waals surface area contributed by atoms with Crippen molar-refractivity contribution in [2.45, 2.75) is 38.1 Å². The van der Waals surface area contributed by atoms with E-state index in [0.29, 0.717) is 11.1 Å². The minimum absolute atomic E-state index is 0.128. The molecular formula is C17H21N7OS. The summed E-state index contributed by atoms with van der Waals surface area (Å²) in [6, 6.07) is 9.58. The van der Waals surface area contributed by atoms with E-state index in [1.165, 1.54) is 16.4 Å². The van der Waals surface area contributed by atoms with Crippen LogP contribution in [-0.4, -0.2) is 35.8 Å². The number of hydrogen-bond donors (Lipinski definition) is 2. The first-order chi connectivity index (χ1) is 12.3. The van der Waals surface area contributed by atoms with Gasteiger partial charge in [-0.1, -0.05) is 23.9 Å². The summed E-state index contributed by atoms with van der Waals surface area (Å²) in [5, 5.41) is 15.5. The first-order valence-electron chi connectivity index (χ1n) is 8.13. The second-order valence-electron chi connectivity index (χ2n) is 6.11. The smallest absolute Gasteiger partial charge is 0.271 e. The maximum absolute atomic E-state index is 12.4. The van der Waals surface area contributed by atoms with E-state index in [9.17, 15) is 4.79 Å². The average Bonchev–Trinajstić information content (AvgIpc) is 3.09. The molecule has 2 aromatic heterocycles. The molecule has 3 rings (SSSR count). The lowest BCUT2D eigenvalue weighted by Crippen LogP contribution is -2.24. The quantitative estimate of drug-likeness (QED) is 0.526. The van der Waals surface area contributed by atoms with Gasteiger partial charge in [0.1, 0.15) is 0 Å². The lowest BCUT2D eigenvalue weighted by molar-refractivity contribution is -0.115. The Morgan fingerprint density at radius 2 is 2.00 bits per heavy atom. The molecule has 3 aromatic rings. The Hall–Kier alpha value is -2.81. The van der Waals surface area contributed by atoms with Crippen LogP contribution in [-0.2, 0) is 4.79 Å². The number of anilines is 1. The fourth-order valence-electron chi connectivity index (χ4n) is 2.50. The Bertz CT molecular complexity index is 946. The molecule has 0 bridgehead atoms. The van der Waals surface area contributed by atoms with E-state index in [1.807, 2.05) is 51.1 Å². The van der Waals surface area contributed by atoms with Crippen LogP contribution in [0.3, 0.4) is 0 Å². The number of nitrogen functional groups attached to an aromatic ring is 1. The van der Waals surface area contributed by atoms with Crippen LogP contribution in [0, 0.1) is 20.8 Å². The molecule has 0 fully saturated rings. The summed E-state index contributed by atoms with van der Waals surface area (Å²) < 4.78 is 2.98. The predicted molar refractivity (Wildman–Crippen MR) is 102 cm³/mol. The molecule has 136 valence electrons. The number of thioether (sulfide) groups is 1. The van der Waals surface area contributed by atoms with Crippen LogP contribution in [0.4, 0.5) is 5.69 Å². The van der Waals surface area contributed by atoms with Gasteiger partial charge in [0.05, 0.1) is 10.9 Å². The van der Waals surface area contributed by atoms with Crippen LogP contribution in [0.2, 0.25) is 0 Å². The Morgan fingerprint density at radius 3 is 2.65 bits per heavy atom. The number of carbonyl (C=O) groups is 1. The zero-order chi connectivity index (χ0) is 18.8. The summed E-state index contributed by atoms with van der Waals surface area (Å²) in [5.41, 5.74) is 3.62. The van der Waals surface area contributed by atoms with Gasteiger partial charge in [0.2, 0.25) is 11.1 Å². The van der Waals surface area contributed by atoms with E-state index in [4.69, 9.17) is 5.84 Å². The molecule has 0 aliphatic carbocycles. The Kier molecular flexibility index (Phi) is 4.99. The Balaban J connectivity index is 1.72. The summed E-state index contributed by atoms with van der Waals surface area (Å²) in [4.78, 5) is 12.4. The molecule has 0 radical (unpaired) electrons. The highest BCUT2D eigenvalue weighted by atomic mass is 32.2. The van der Waals surface area contributed by atoms with Crippen LogP contribution < -0.4 is 11.2 Å². The largest absolute Gasteiger partial charge is 0.334 e. The van der Waals surface area contributed by atoms with Crippen LogP contribution in [0.25, 0.3) is 5.95 Å². The maximum atomic E-state index is 12.4. The van der Waals surface area contributed by atoms with Gasteiger partial charge >= 0.3 is 0 Å². The number of aromatic nitrogens is 5. The first kappa shape index (κ1) is 18.0. The monoisotopic (exact) mass is 371 g/mol. The molecule has 1 atom stereocenters. The SMILES string of the molecule is Cc1cccc(NC(=O)[C@@H](C)Sc2nnc(-n3nc(C)cc3C)n2N)c1. The van der Waals surface area contributed by atoms with Crippen molar-refractivity contribution in [3.8, 4) is 5.95 Å². The minimum Gasteiger partial charge on any atom is -0.334 e. The first-order valence-corrected chi connectivity index (χ1v) is 9.01. The average molecular weight is 371 g/mol. The van der Waals surface area contributed by atoms with Crippen molar-refractivity contribution >= 4 is 23.4 Å². The van der Waals surface area contributed by atoms with E-state index in [-0.39, 0.29) is 5.91 Å². The number of nitrogens with one attached hydrogen (secondary N) is 1. The second-order valence-corrected chi connectivity index (χ2v) is 7.42. The molecule has 1 amide bonds. The van der Waals surface area contributed by atoms with Crippen molar-refractivity contribution in [1.82, 2.24) is 24.7 Å². The zero-order valence-corrected chi connectivity index (χ0v) is 15.9. The third-order valence-electron chi connectivity index (χ3n) is 3.78. The van der Waals surface area contributed by atoms with Gasteiger partial charge in [-0.25, -0.2) is 9.36 Å². The number of nitrogens with two attached hydrogens (primary N) is 1. The van der Waals surface area contributed by atoms with Gasteiger partial charge in [-0.2, -0.15) is 5.10 Å². The zero-order valence-electron chi connectivity index (χ0n) is 15.1. The number of nitrogens with zero attached hydrogens (tertiary/aromatic N) is 5. The van der Waals surface area contributed by atoms with Crippen molar-refractivity contribution in [1.29, 1.82) is 0 Å². The fraction of sp³-hybridized carbons (Fsp3) is 0.294. The molecule has 1 aromatic carbocycles. The van der Waals surface area contributed by atoms with Crippen molar-refractivity contribution in [2.24, 2.45) is 0 Å². The summed E-state index contributed by atoms with van der Waals surface area (Å²) in [6.45, 7) is 7.59. The molecule has 0 aliphatic rings. The second kappa shape index (κ2) is 7.20. The lowest BCUT2D eigenvalue weighted by atomic mass is 10.2. The number of hydrogen-bond acceptors (Lipinski definition) is 6. The van der Waals surface area contributed by atoms with Gasteiger partial charge in [-0.15, -0.1) is 10.2 Å². The molecule has 9 heteroatoms. The van der Waals surface area contributed by atoms with Gasteiger partial charge in [-0.3, -0.25) is 4.79 Å². The lowest BCUT2D eigenvalue weighted by Gasteiger charge is -2.12.